The maximum Gasteiger partial charge on any atom is 0.253 e. The predicted molar refractivity (Wildman–Crippen MR) is 86.9 cm³/mol. The summed E-state index contributed by atoms with van der Waals surface area (Å²) in [7, 11) is 1.56. The van der Waals surface area contributed by atoms with Gasteiger partial charge in [0.15, 0.2) is 0 Å². The van der Waals surface area contributed by atoms with Gasteiger partial charge in [-0.3, -0.25) is 9.78 Å². The van der Waals surface area contributed by atoms with Gasteiger partial charge in [-0.25, -0.2) is 0 Å². The van der Waals surface area contributed by atoms with Crippen molar-refractivity contribution in [3.63, 3.8) is 0 Å². The van der Waals surface area contributed by atoms with Gasteiger partial charge in [0.2, 0.25) is 0 Å². The molecule has 1 heterocycles. The number of aromatic nitrogens is 1. The van der Waals surface area contributed by atoms with E-state index in [2.05, 4.69) is 16.4 Å². The van der Waals surface area contributed by atoms with E-state index in [1.165, 1.54) is 5.56 Å². The van der Waals surface area contributed by atoms with Crippen LogP contribution in [0.1, 0.15) is 28.8 Å². The lowest BCUT2D eigenvalue weighted by Crippen LogP contribution is -2.25. The Kier molecular flexibility index (Phi) is 5.77. The van der Waals surface area contributed by atoms with Gasteiger partial charge in [-0.1, -0.05) is 6.07 Å². The van der Waals surface area contributed by atoms with E-state index in [1.54, 1.807) is 31.5 Å². The number of nitrogens with two attached hydrogens (primary N) is 1. The molecule has 3 N–H and O–H groups in total. The normalized spacial score (nSPS) is 10.2. The number of nitrogen functional groups attached to an aromatic ring is 1. The van der Waals surface area contributed by atoms with Gasteiger partial charge in [-0.2, -0.15) is 0 Å². The molecular weight excluding hydrogens is 278 g/mol. The van der Waals surface area contributed by atoms with E-state index in [-0.39, 0.29) is 5.91 Å². The Balaban J connectivity index is 1.76. The van der Waals surface area contributed by atoms with Gasteiger partial charge in [0.05, 0.1) is 12.7 Å². The zero-order valence-corrected chi connectivity index (χ0v) is 12.7. The van der Waals surface area contributed by atoms with Crippen molar-refractivity contribution in [1.82, 2.24) is 10.3 Å². The third-order valence-electron chi connectivity index (χ3n) is 3.41. The minimum Gasteiger partial charge on any atom is -0.497 e. The Hall–Kier alpha value is -2.56. The summed E-state index contributed by atoms with van der Waals surface area (Å²) < 4.78 is 5.11. The van der Waals surface area contributed by atoms with Crippen molar-refractivity contribution in [2.75, 3.05) is 19.4 Å². The van der Waals surface area contributed by atoms with Gasteiger partial charge >= 0.3 is 0 Å². The number of hydrogen-bond donors (Lipinski definition) is 2. The molecular formula is C17H21N3O2. The second kappa shape index (κ2) is 8.02. The number of rotatable bonds is 7. The Bertz CT molecular complexity index is 615. The molecule has 116 valence electrons. The number of ether oxygens (including phenoxy) is 1. The molecule has 0 aliphatic rings. The molecule has 0 spiro atoms. The molecule has 0 aliphatic carbocycles. The SMILES string of the molecule is COc1ccc(N)c(C(=O)NCCCCc2cccnc2)c1. The van der Waals surface area contributed by atoms with Crippen LogP contribution in [0.3, 0.4) is 0 Å². The highest BCUT2D eigenvalue weighted by atomic mass is 16.5. The van der Waals surface area contributed by atoms with E-state index in [4.69, 9.17) is 10.5 Å². The third-order valence-corrected chi connectivity index (χ3v) is 3.41. The summed E-state index contributed by atoms with van der Waals surface area (Å²) in [4.78, 5) is 16.2. The number of carbonyl (C=O) groups excluding carboxylic acids is 1. The largest absolute Gasteiger partial charge is 0.497 e. The zero-order chi connectivity index (χ0) is 15.8. The Morgan fingerprint density at radius 1 is 1.32 bits per heavy atom. The van der Waals surface area contributed by atoms with Crippen LogP contribution in [0.4, 0.5) is 5.69 Å². The van der Waals surface area contributed by atoms with E-state index in [0.717, 1.165) is 19.3 Å². The maximum absolute atomic E-state index is 12.1. The summed E-state index contributed by atoms with van der Waals surface area (Å²) in [5, 5.41) is 2.89. The summed E-state index contributed by atoms with van der Waals surface area (Å²) in [6.07, 6.45) is 6.51. The summed E-state index contributed by atoms with van der Waals surface area (Å²) in [6.45, 7) is 0.621. The second-order valence-electron chi connectivity index (χ2n) is 5.03. The number of amides is 1. The van der Waals surface area contributed by atoms with Crippen LogP contribution in [0, 0.1) is 0 Å². The number of unbranched alkanes of at least 4 members (excludes halogenated alkanes) is 1. The average molecular weight is 299 g/mol. The fourth-order valence-electron chi connectivity index (χ4n) is 2.16. The van der Waals surface area contributed by atoms with Crippen molar-refractivity contribution in [3.8, 4) is 5.75 Å². The highest BCUT2D eigenvalue weighted by Crippen LogP contribution is 2.19. The number of nitrogens with zero attached hydrogens (tertiary/aromatic N) is 1. The van der Waals surface area contributed by atoms with E-state index >= 15 is 0 Å². The van der Waals surface area contributed by atoms with Crippen LogP contribution >= 0.6 is 0 Å². The van der Waals surface area contributed by atoms with Crippen LogP contribution in [0.2, 0.25) is 0 Å². The molecule has 0 aliphatic heterocycles. The number of nitrogens with one attached hydrogen (secondary N) is 1. The Morgan fingerprint density at radius 2 is 2.18 bits per heavy atom. The summed E-state index contributed by atoms with van der Waals surface area (Å²) in [5.74, 6) is 0.453. The smallest absolute Gasteiger partial charge is 0.253 e. The fraction of sp³-hybridized carbons (Fsp3) is 0.294. The van der Waals surface area contributed by atoms with E-state index < -0.39 is 0 Å². The first-order chi connectivity index (χ1) is 10.7. The third kappa shape index (κ3) is 4.48. The van der Waals surface area contributed by atoms with Gasteiger partial charge in [0.1, 0.15) is 5.75 Å². The molecule has 1 aromatic carbocycles. The molecule has 1 aromatic heterocycles. The molecule has 1 amide bonds. The lowest BCUT2D eigenvalue weighted by atomic mass is 10.1. The minimum absolute atomic E-state index is 0.169. The quantitative estimate of drug-likeness (QED) is 0.608. The molecule has 5 heteroatoms. The topological polar surface area (TPSA) is 77.2 Å². The number of methoxy groups -OCH3 is 1. The van der Waals surface area contributed by atoms with Crippen LogP contribution in [0.15, 0.2) is 42.7 Å². The zero-order valence-electron chi connectivity index (χ0n) is 12.7. The molecule has 5 nitrogen and oxygen atoms in total. The fourth-order valence-corrected chi connectivity index (χ4v) is 2.16. The van der Waals surface area contributed by atoms with Crippen LogP contribution in [-0.4, -0.2) is 24.5 Å². The first-order valence-corrected chi connectivity index (χ1v) is 7.31. The molecule has 2 aromatic rings. The molecule has 0 fully saturated rings. The van der Waals surface area contributed by atoms with E-state index in [1.807, 2.05) is 12.3 Å². The lowest BCUT2D eigenvalue weighted by Gasteiger charge is -2.09. The van der Waals surface area contributed by atoms with Gasteiger partial charge in [0.25, 0.3) is 5.91 Å². The summed E-state index contributed by atoms with van der Waals surface area (Å²) in [5.41, 5.74) is 7.94. The summed E-state index contributed by atoms with van der Waals surface area (Å²) in [6, 6.07) is 9.06. The molecule has 0 bridgehead atoms. The van der Waals surface area contributed by atoms with Crippen LogP contribution in [0.5, 0.6) is 5.75 Å². The molecule has 2 rings (SSSR count). The van der Waals surface area contributed by atoms with Gasteiger partial charge < -0.3 is 15.8 Å². The first kappa shape index (κ1) is 15.8. The molecule has 0 saturated heterocycles. The van der Waals surface area contributed by atoms with Crippen LogP contribution < -0.4 is 15.8 Å². The highest BCUT2D eigenvalue weighted by Gasteiger charge is 2.10. The summed E-state index contributed by atoms with van der Waals surface area (Å²) >= 11 is 0. The first-order valence-electron chi connectivity index (χ1n) is 7.31. The highest BCUT2D eigenvalue weighted by molar-refractivity contribution is 5.99. The molecule has 22 heavy (non-hydrogen) atoms. The van der Waals surface area contributed by atoms with Crippen molar-refractivity contribution >= 4 is 11.6 Å². The van der Waals surface area contributed by atoms with Gasteiger partial charge in [0, 0.05) is 24.6 Å². The maximum atomic E-state index is 12.1. The van der Waals surface area contributed by atoms with Gasteiger partial charge in [-0.15, -0.1) is 0 Å². The van der Waals surface area contributed by atoms with Crippen molar-refractivity contribution in [1.29, 1.82) is 0 Å². The van der Waals surface area contributed by atoms with Crippen LogP contribution in [0.25, 0.3) is 0 Å². The van der Waals surface area contributed by atoms with Crippen LogP contribution in [-0.2, 0) is 6.42 Å². The average Bonchev–Trinajstić information content (AvgIpc) is 2.55. The lowest BCUT2D eigenvalue weighted by molar-refractivity contribution is 0.0953. The van der Waals surface area contributed by atoms with E-state index in [9.17, 15) is 4.79 Å². The molecule has 0 atom stereocenters. The molecule has 0 radical (unpaired) electrons. The second-order valence-corrected chi connectivity index (χ2v) is 5.03. The number of anilines is 1. The molecule has 0 unspecified atom stereocenters. The monoisotopic (exact) mass is 299 g/mol. The van der Waals surface area contributed by atoms with Crippen molar-refractivity contribution in [2.45, 2.75) is 19.3 Å². The minimum atomic E-state index is -0.169. The Labute approximate surface area is 130 Å². The molecule has 0 saturated carbocycles. The number of pyridine rings is 1. The van der Waals surface area contributed by atoms with Crippen molar-refractivity contribution < 1.29 is 9.53 Å². The number of hydrogen-bond acceptors (Lipinski definition) is 4. The number of aryl methyl sites for hydroxylation is 1. The van der Waals surface area contributed by atoms with Gasteiger partial charge in [-0.05, 0) is 49.1 Å². The number of carbonyl (C=O) groups is 1. The van der Waals surface area contributed by atoms with Crippen molar-refractivity contribution in [2.24, 2.45) is 0 Å². The van der Waals surface area contributed by atoms with E-state index in [0.29, 0.717) is 23.5 Å². The van der Waals surface area contributed by atoms with Crippen molar-refractivity contribution in [3.05, 3.63) is 53.9 Å². The number of benzene rings is 1. The Morgan fingerprint density at radius 3 is 2.91 bits per heavy atom. The standard InChI is InChI=1S/C17H21N3O2/c1-22-14-7-8-16(18)15(11-14)17(21)20-10-3-2-5-13-6-4-9-19-12-13/h4,6-9,11-12H,2-3,5,10,18H2,1H3,(H,20,21). The predicted octanol–water partition coefficient (Wildman–Crippen LogP) is 2.43.